The van der Waals surface area contributed by atoms with Gasteiger partial charge in [0.05, 0.1) is 5.60 Å². The van der Waals surface area contributed by atoms with Crippen LogP contribution in [0.2, 0.25) is 0 Å². The van der Waals surface area contributed by atoms with E-state index in [2.05, 4.69) is 19.1 Å². The second kappa shape index (κ2) is 6.65. The molecule has 1 rings (SSSR count). The molecule has 0 fully saturated rings. The van der Waals surface area contributed by atoms with E-state index in [1.807, 2.05) is 26.0 Å². The van der Waals surface area contributed by atoms with E-state index >= 15 is 0 Å². The van der Waals surface area contributed by atoms with E-state index < -0.39 is 5.60 Å². The molecule has 0 aliphatic rings. The summed E-state index contributed by atoms with van der Waals surface area (Å²) in [6.07, 6.45) is 3.65. The van der Waals surface area contributed by atoms with E-state index in [1.165, 1.54) is 5.56 Å². The second-order valence-corrected chi connectivity index (χ2v) is 4.62. The molecule has 0 spiro atoms. The fourth-order valence-electron chi connectivity index (χ4n) is 1.75. The van der Waals surface area contributed by atoms with Crippen LogP contribution in [0.5, 0.6) is 5.75 Å². The highest BCUT2D eigenvalue weighted by Gasteiger charge is 2.22. The van der Waals surface area contributed by atoms with E-state index in [1.54, 1.807) is 0 Å². The lowest BCUT2D eigenvalue weighted by molar-refractivity contribution is -0.0113. The Morgan fingerprint density at radius 2 is 1.88 bits per heavy atom. The second-order valence-electron chi connectivity index (χ2n) is 4.62. The van der Waals surface area contributed by atoms with Gasteiger partial charge in [0.1, 0.15) is 12.4 Å². The Labute approximate surface area is 105 Å². The summed E-state index contributed by atoms with van der Waals surface area (Å²) in [5.41, 5.74) is 0.599. The van der Waals surface area contributed by atoms with E-state index in [0.717, 1.165) is 31.4 Å². The molecule has 0 radical (unpaired) electrons. The van der Waals surface area contributed by atoms with Crippen LogP contribution in [-0.2, 0) is 6.42 Å². The molecular formula is C15H24O2. The highest BCUT2D eigenvalue weighted by molar-refractivity contribution is 5.28. The number of benzene rings is 1. The molecule has 0 unspecified atom stereocenters. The molecule has 1 aromatic rings. The Kier molecular flexibility index (Phi) is 5.49. The number of ether oxygens (including phenoxy) is 1. The predicted octanol–water partition coefficient (Wildman–Crippen LogP) is 3.57. The van der Waals surface area contributed by atoms with Crippen LogP contribution < -0.4 is 4.74 Å². The van der Waals surface area contributed by atoms with E-state index in [-0.39, 0.29) is 0 Å². The maximum Gasteiger partial charge on any atom is 0.119 e. The van der Waals surface area contributed by atoms with Gasteiger partial charge in [0.15, 0.2) is 0 Å². The highest BCUT2D eigenvalue weighted by atomic mass is 16.5. The lowest BCUT2D eigenvalue weighted by Crippen LogP contribution is -2.34. The van der Waals surface area contributed by atoms with Crippen molar-refractivity contribution in [3.05, 3.63) is 29.8 Å². The van der Waals surface area contributed by atoms with Crippen LogP contribution in [0.25, 0.3) is 0 Å². The summed E-state index contributed by atoms with van der Waals surface area (Å²) in [4.78, 5) is 0. The molecule has 96 valence electrons. The quantitative estimate of drug-likeness (QED) is 0.784. The highest BCUT2D eigenvalue weighted by Crippen LogP contribution is 2.19. The van der Waals surface area contributed by atoms with Gasteiger partial charge in [-0.1, -0.05) is 39.3 Å². The molecule has 0 amide bonds. The summed E-state index contributed by atoms with van der Waals surface area (Å²) in [5.74, 6) is 0.858. The van der Waals surface area contributed by atoms with Gasteiger partial charge >= 0.3 is 0 Å². The standard InChI is InChI=1S/C15H24O2/c1-4-8-13-9-7-10-14(11-13)17-12-15(16,5-2)6-3/h7,9-11,16H,4-6,8,12H2,1-3H3. The molecule has 1 aromatic carbocycles. The summed E-state index contributed by atoms with van der Waals surface area (Å²) in [6.45, 7) is 6.51. The number of hydrogen-bond acceptors (Lipinski definition) is 2. The van der Waals surface area contributed by atoms with E-state index in [4.69, 9.17) is 4.74 Å². The largest absolute Gasteiger partial charge is 0.491 e. The average molecular weight is 236 g/mol. The molecule has 0 aliphatic carbocycles. The Morgan fingerprint density at radius 1 is 1.18 bits per heavy atom. The minimum Gasteiger partial charge on any atom is -0.491 e. The van der Waals surface area contributed by atoms with Crippen molar-refractivity contribution in [3.8, 4) is 5.75 Å². The van der Waals surface area contributed by atoms with Gasteiger partial charge in [0, 0.05) is 0 Å². The van der Waals surface area contributed by atoms with E-state index in [0.29, 0.717) is 6.61 Å². The van der Waals surface area contributed by atoms with Gasteiger partial charge in [-0.25, -0.2) is 0 Å². The zero-order chi connectivity index (χ0) is 12.7. The molecule has 2 nitrogen and oxygen atoms in total. The Morgan fingerprint density at radius 3 is 2.47 bits per heavy atom. The van der Waals surface area contributed by atoms with Crippen molar-refractivity contribution in [1.29, 1.82) is 0 Å². The fourth-order valence-corrected chi connectivity index (χ4v) is 1.75. The van der Waals surface area contributed by atoms with Crippen molar-refractivity contribution in [1.82, 2.24) is 0 Å². The number of rotatable bonds is 7. The van der Waals surface area contributed by atoms with Gasteiger partial charge in [-0.2, -0.15) is 0 Å². The topological polar surface area (TPSA) is 29.5 Å². The Bertz CT molecular complexity index is 329. The number of aliphatic hydroxyl groups is 1. The van der Waals surface area contributed by atoms with Crippen LogP contribution in [0.1, 0.15) is 45.6 Å². The Balaban J connectivity index is 2.59. The van der Waals surface area contributed by atoms with Crippen LogP contribution in [0.3, 0.4) is 0 Å². The minimum atomic E-state index is -0.694. The lowest BCUT2D eigenvalue weighted by atomic mass is 9.99. The molecule has 17 heavy (non-hydrogen) atoms. The average Bonchev–Trinajstić information content (AvgIpc) is 2.37. The van der Waals surface area contributed by atoms with Gasteiger partial charge in [-0.05, 0) is 37.0 Å². The van der Waals surface area contributed by atoms with Gasteiger partial charge in [0.2, 0.25) is 0 Å². The SMILES string of the molecule is CCCc1cccc(OCC(O)(CC)CC)c1. The molecule has 0 aromatic heterocycles. The van der Waals surface area contributed by atoms with Crippen molar-refractivity contribution in [2.45, 2.75) is 52.1 Å². The first-order chi connectivity index (χ1) is 8.13. The van der Waals surface area contributed by atoms with Crippen molar-refractivity contribution in [2.75, 3.05) is 6.61 Å². The summed E-state index contributed by atoms with van der Waals surface area (Å²) in [5, 5.41) is 10.1. The third-order valence-corrected chi connectivity index (χ3v) is 3.26. The van der Waals surface area contributed by atoms with Crippen LogP contribution in [0.15, 0.2) is 24.3 Å². The number of aryl methyl sites for hydroxylation is 1. The molecule has 0 aliphatic heterocycles. The molecule has 1 N–H and O–H groups in total. The van der Waals surface area contributed by atoms with Crippen LogP contribution >= 0.6 is 0 Å². The molecule has 2 heteroatoms. The molecule has 0 saturated heterocycles. The monoisotopic (exact) mass is 236 g/mol. The zero-order valence-electron chi connectivity index (χ0n) is 11.2. The van der Waals surface area contributed by atoms with Gasteiger partial charge in [-0.3, -0.25) is 0 Å². The molecule has 0 heterocycles. The summed E-state index contributed by atoms with van der Waals surface area (Å²) in [7, 11) is 0. The van der Waals surface area contributed by atoms with Crippen molar-refractivity contribution < 1.29 is 9.84 Å². The van der Waals surface area contributed by atoms with Crippen molar-refractivity contribution in [3.63, 3.8) is 0 Å². The summed E-state index contributed by atoms with van der Waals surface area (Å²) in [6, 6.07) is 8.14. The van der Waals surface area contributed by atoms with Gasteiger partial charge < -0.3 is 9.84 Å². The van der Waals surface area contributed by atoms with E-state index in [9.17, 15) is 5.11 Å². The number of hydrogen-bond donors (Lipinski definition) is 1. The Hall–Kier alpha value is -1.02. The molecule has 0 atom stereocenters. The first-order valence-electron chi connectivity index (χ1n) is 6.57. The fraction of sp³-hybridized carbons (Fsp3) is 0.600. The summed E-state index contributed by atoms with van der Waals surface area (Å²) >= 11 is 0. The normalized spacial score (nSPS) is 11.5. The van der Waals surface area contributed by atoms with Crippen LogP contribution in [0.4, 0.5) is 0 Å². The molecular weight excluding hydrogens is 212 g/mol. The third kappa shape index (κ3) is 4.39. The van der Waals surface area contributed by atoms with Gasteiger partial charge in [0.25, 0.3) is 0 Å². The minimum absolute atomic E-state index is 0.371. The van der Waals surface area contributed by atoms with Crippen molar-refractivity contribution in [2.24, 2.45) is 0 Å². The van der Waals surface area contributed by atoms with Crippen molar-refractivity contribution >= 4 is 0 Å². The maximum absolute atomic E-state index is 10.1. The smallest absolute Gasteiger partial charge is 0.119 e. The molecule has 0 bridgehead atoms. The maximum atomic E-state index is 10.1. The van der Waals surface area contributed by atoms with Crippen LogP contribution in [-0.4, -0.2) is 17.3 Å². The van der Waals surface area contributed by atoms with Gasteiger partial charge in [-0.15, -0.1) is 0 Å². The molecule has 0 saturated carbocycles. The first kappa shape index (κ1) is 14.0. The first-order valence-corrected chi connectivity index (χ1v) is 6.57. The third-order valence-electron chi connectivity index (χ3n) is 3.26. The summed E-state index contributed by atoms with van der Waals surface area (Å²) < 4.78 is 5.69. The lowest BCUT2D eigenvalue weighted by Gasteiger charge is -2.25. The predicted molar refractivity (Wildman–Crippen MR) is 71.5 cm³/mol. The van der Waals surface area contributed by atoms with Crippen LogP contribution in [0, 0.1) is 0 Å². The zero-order valence-corrected chi connectivity index (χ0v) is 11.2.